The Balaban J connectivity index is 2.39. The van der Waals surface area contributed by atoms with Crippen LogP contribution in [0.2, 0.25) is 0 Å². The first-order chi connectivity index (χ1) is 9.28. The first-order valence-electron chi connectivity index (χ1n) is 7.62. The van der Waals surface area contributed by atoms with Crippen molar-refractivity contribution in [3.8, 4) is 0 Å². The van der Waals surface area contributed by atoms with E-state index in [-0.39, 0.29) is 6.09 Å². The Morgan fingerprint density at radius 1 is 1.30 bits per heavy atom. The van der Waals surface area contributed by atoms with Crippen LogP contribution in [0.4, 0.5) is 4.79 Å². The van der Waals surface area contributed by atoms with E-state index < -0.39 is 5.60 Å². The van der Waals surface area contributed by atoms with Crippen molar-refractivity contribution in [1.82, 2.24) is 10.2 Å². The molecule has 0 saturated carbocycles. The average Bonchev–Trinajstić information content (AvgIpc) is 2.52. The highest BCUT2D eigenvalue weighted by Crippen LogP contribution is 2.15. The van der Waals surface area contributed by atoms with E-state index >= 15 is 0 Å². The fraction of sp³-hybridized carbons (Fsp3) is 0.812. The zero-order valence-corrected chi connectivity index (χ0v) is 13.7. The first-order valence-corrected chi connectivity index (χ1v) is 7.62. The Kier molecular flexibility index (Phi) is 6.53. The molecule has 0 radical (unpaired) electrons. The molecule has 116 valence electrons. The van der Waals surface area contributed by atoms with Crippen LogP contribution in [0, 0.1) is 0 Å². The molecule has 0 bridgehead atoms. The molecule has 1 aliphatic heterocycles. The van der Waals surface area contributed by atoms with Crippen LogP contribution in [-0.4, -0.2) is 42.3 Å². The fourth-order valence-electron chi connectivity index (χ4n) is 2.24. The molecule has 1 heterocycles. The van der Waals surface area contributed by atoms with Crippen molar-refractivity contribution in [3.05, 3.63) is 11.6 Å². The van der Waals surface area contributed by atoms with E-state index in [1.165, 1.54) is 5.57 Å². The molecule has 20 heavy (non-hydrogen) atoms. The monoisotopic (exact) mass is 282 g/mol. The van der Waals surface area contributed by atoms with Crippen LogP contribution in [0.3, 0.4) is 0 Å². The van der Waals surface area contributed by atoms with Gasteiger partial charge in [-0.1, -0.05) is 11.6 Å². The van der Waals surface area contributed by atoms with Crippen LogP contribution < -0.4 is 5.32 Å². The van der Waals surface area contributed by atoms with E-state index in [0.717, 1.165) is 38.9 Å². The lowest BCUT2D eigenvalue weighted by Crippen LogP contribution is -2.38. The van der Waals surface area contributed by atoms with Crippen molar-refractivity contribution in [3.63, 3.8) is 0 Å². The van der Waals surface area contributed by atoms with E-state index in [9.17, 15) is 4.79 Å². The molecule has 1 unspecified atom stereocenters. The highest BCUT2D eigenvalue weighted by molar-refractivity contribution is 5.68. The Labute approximate surface area is 123 Å². The average molecular weight is 282 g/mol. The summed E-state index contributed by atoms with van der Waals surface area (Å²) in [6.45, 7) is 12.4. The number of carbonyl (C=O) groups excluding carboxylic acids is 1. The van der Waals surface area contributed by atoms with Crippen molar-refractivity contribution in [1.29, 1.82) is 0 Å². The smallest absolute Gasteiger partial charge is 0.410 e. The Morgan fingerprint density at radius 3 is 2.60 bits per heavy atom. The summed E-state index contributed by atoms with van der Waals surface area (Å²) in [5.41, 5.74) is 0.923. The number of rotatable bonds is 3. The molecule has 4 nitrogen and oxygen atoms in total. The number of allylic oxidation sites excluding steroid dienone is 1. The summed E-state index contributed by atoms with van der Waals surface area (Å²) in [5, 5.41) is 3.55. The molecule has 1 aliphatic rings. The van der Waals surface area contributed by atoms with Crippen LogP contribution in [0.25, 0.3) is 0 Å². The third-order valence-electron chi connectivity index (χ3n) is 3.30. The van der Waals surface area contributed by atoms with Gasteiger partial charge in [-0.25, -0.2) is 4.79 Å². The quantitative estimate of drug-likeness (QED) is 0.807. The summed E-state index contributed by atoms with van der Waals surface area (Å²) in [4.78, 5) is 13.9. The van der Waals surface area contributed by atoms with E-state index in [4.69, 9.17) is 4.74 Å². The fourth-order valence-corrected chi connectivity index (χ4v) is 2.24. The van der Waals surface area contributed by atoms with Gasteiger partial charge < -0.3 is 15.0 Å². The lowest BCUT2D eigenvalue weighted by atomic mass is 10.1. The molecular formula is C16H30N2O2. The Bertz CT molecular complexity index is 341. The normalized spacial score (nSPS) is 20.2. The molecule has 1 fully saturated rings. The van der Waals surface area contributed by atoms with Gasteiger partial charge in [0.05, 0.1) is 0 Å². The minimum atomic E-state index is -0.412. The largest absolute Gasteiger partial charge is 0.444 e. The second kappa shape index (κ2) is 7.67. The summed E-state index contributed by atoms with van der Waals surface area (Å²) < 4.78 is 5.44. The van der Waals surface area contributed by atoms with Crippen molar-refractivity contribution in [2.45, 2.75) is 65.5 Å². The maximum absolute atomic E-state index is 12.1. The number of hydrogen-bond acceptors (Lipinski definition) is 3. The summed E-state index contributed by atoms with van der Waals surface area (Å²) in [5.74, 6) is 0. The molecule has 4 heteroatoms. The predicted octanol–water partition coefficient (Wildman–Crippen LogP) is 3.33. The minimum Gasteiger partial charge on any atom is -0.444 e. The summed E-state index contributed by atoms with van der Waals surface area (Å²) in [6.07, 6.45) is 5.18. The lowest BCUT2D eigenvalue weighted by Gasteiger charge is -2.26. The lowest BCUT2D eigenvalue weighted by molar-refractivity contribution is 0.0256. The molecular weight excluding hydrogens is 252 g/mol. The third-order valence-corrected chi connectivity index (χ3v) is 3.30. The van der Waals surface area contributed by atoms with Gasteiger partial charge >= 0.3 is 6.09 Å². The predicted molar refractivity (Wildman–Crippen MR) is 82.9 cm³/mol. The van der Waals surface area contributed by atoms with Crippen LogP contribution in [-0.2, 0) is 4.74 Å². The van der Waals surface area contributed by atoms with Gasteiger partial charge in [0.15, 0.2) is 0 Å². The van der Waals surface area contributed by atoms with Crippen LogP contribution >= 0.6 is 0 Å². The zero-order chi connectivity index (χ0) is 15.2. The molecule has 0 aromatic heterocycles. The molecule has 0 spiro atoms. The number of hydrogen-bond donors (Lipinski definition) is 1. The summed E-state index contributed by atoms with van der Waals surface area (Å²) in [6, 6.07) is 0.498. The van der Waals surface area contributed by atoms with Gasteiger partial charge in [-0.2, -0.15) is 0 Å². The minimum absolute atomic E-state index is 0.178. The van der Waals surface area contributed by atoms with Gasteiger partial charge in [0, 0.05) is 25.7 Å². The molecule has 0 aromatic rings. The topological polar surface area (TPSA) is 41.6 Å². The first kappa shape index (κ1) is 17.0. The summed E-state index contributed by atoms with van der Waals surface area (Å²) >= 11 is 0. The zero-order valence-electron chi connectivity index (χ0n) is 13.7. The molecule has 1 rings (SSSR count). The van der Waals surface area contributed by atoms with Crippen molar-refractivity contribution in [2.24, 2.45) is 0 Å². The highest BCUT2D eigenvalue weighted by atomic mass is 16.6. The summed E-state index contributed by atoms with van der Waals surface area (Å²) in [7, 11) is 0. The number of carbonyl (C=O) groups is 1. The van der Waals surface area contributed by atoms with E-state index in [1.54, 1.807) is 0 Å². The van der Waals surface area contributed by atoms with Crippen molar-refractivity contribution in [2.75, 3.05) is 19.6 Å². The van der Waals surface area contributed by atoms with Gasteiger partial charge in [0.1, 0.15) is 5.60 Å². The SMILES string of the molecule is CC(C)=CCNC1CCCN(C(=O)OC(C)(C)C)CC1. The number of nitrogens with zero attached hydrogens (tertiary/aromatic N) is 1. The second-order valence-electron chi connectivity index (χ2n) is 6.78. The molecule has 0 aromatic carbocycles. The van der Waals surface area contributed by atoms with E-state index in [0.29, 0.717) is 6.04 Å². The van der Waals surface area contributed by atoms with Crippen molar-refractivity contribution >= 4 is 6.09 Å². The van der Waals surface area contributed by atoms with Gasteiger partial charge in [-0.05, 0) is 53.9 Å². The maximum atomic E-state index is 12.1. The molecule has 1 N–H and O–H groups in total. The number of likely N-dealkylation sites (tertiary alicyclic amines) is 1. The molecule has 1 atom stereocenters. The molecule has 1 amide bonds. The maximum Gasteiger partial charge on any atom is 0.410 e. The molecule has 0 aliphatic carbocycles. The van der Waals surface area contributed by atoms with Gasteiger partial charge in [0.25, 0.3) is 0 Å². The second-order valence-corrected chi connectivity index (χ2v) is 6.78. The number of amides is 1. The van der Waals surface area contributed by atoms with Crippen LogP contribution in [0.1, 0.15) is 53.9 Å². The van der Waals surface area contributed by atoms with Gasteiger partial charge in [-0.15, -0.1) is 0 Å². The standard InChI is InChI=1S/C16H30N2O2/c1-13(2)8-10-17-14-7-6-11-18(12-9-14)15(19)20-16(3,4)5/h8,14,17H,6-7,9-12H2,1-5H3. The van der Waals surface area contributed by atoms with Crippen molar-refractivity contribution < 1.29 is 9.53 Å². The van der Waals surface area contributed by atoms with Gasteiger partial charge in [-0.3, -0.25) is 0 Å². The van der Waals surface area contributed by atoms with Crippen LogP contribution in [0.5, 0.6) is 0 Å². The Morgan fingerprint density at radius 2 is 2.00 bits per heavy atom. The number of ether oxygens (including phenoxy) is 1. The van der Waals surface area contributed by atoms with Gasteiger partial charge in [0.2, 0.25) is 0 Å². The number of nitrogens with one attached hydrogen (secondary N) is 1. The molecule has 1 saturated heterocycles. The Hall–Kier alpha value is -1.03. The van der Waals surface area contributed by atoms with Crippen LogP contribution in [0.15, 0.2) is 11.6 Å². The third kappa shape index (κ3) is 6.94. The highest BCUT2D eigenvalue weighted by Gasteiger charge is 2.24. The van der Waals surface area contributed by atoms with E-state index in [2.05, 4.69) is 25.2 Å². The van der Waals surface area contributed by atoms with E-state index in [1.807, 2.05) is 25.7 Å².